The van der Waals surface area contributed by atoms with Crippen LogP contribution < -0.4 is 0 Å². The Kier molecular flexibility index (Phi) is 5.28. The predicted octanol–water partition coefficient (Wildman–Crippen LogP) is 2.37. The van der Waals surface area contributed by atoms with E-state index in [4.69, 9.17) is 4.74 Å². The highest BCUT2D eigenvalue weighted by molar-refractivity contribution is 5.81. The van der Waals surface area contributed by atoms with Gasteiger partial charge in [-0.1, -0.05) is 44.3 Å². The van der Waals surface area contributed by atoms with E-state index in [0.29, 0.717) is 6.61 Å². The number of carbonyl (C=O) groups is 1. The lowest BCUT2D eigenvalue weighted by atomic mass is 10.2. The molecule has 1 rings (SSSR count). The van der Waals surface area contributed by atoms with Crippen molar-refractivity contribution in [2.45, 2.75) is 6.61 Å². The van der Waals surface area contributed by atoms with Gasteiger partial charge in [0.25, 0.3) is 0 Å². The van der Waals surface area contributed by atoms with Gasteiger partial charge in [0.15, 0.2) is 0 Å². The molecule has 1 aromatic rings. The van der Waals surface area contributed by atoms with Gasteiger partial charge < -0.3 is 4.74 Å². The van der Waals surface area contributed by atoms with Gasteiger partial charge in [-0.2, -0.15) is 0 Å². The largest absolute Gasteiger partial charge is 0.458 e. The number of benzene rings is 1. The van der Waals surface area contributed by atoms with Crippen LogP contribution in [-0.2, 0) is 16.1 Å². The second-order valence-electron chi connectivity index (χ2n) is 2.30. The van der Waals surface area contributed by atoms with Crippen LogP contribution in [-0.4, -0.2) is 5.97 Å². The molecule has 0 unspecified atom stereocenters. The van der Waals surface area contributed by atoms with Gasteiger partial charge in [-0.05, 0) is 5.56 Å². The smallest absolute Gasteiger partial charge is 0.330 e. The van der Waals surface area contributed by atoms with Crippen molar-refractivity contribution >= 4 is 5.97 Å². The molecule has 0 atom stereocenters. The van der Waals surface area contributed by atoms with Gasteiger partial charge in [-0.3, -0.25) is 0 Å². The van der Waals surface area contributed by atoms with Crippen LogP contribution in [0, 0.1) is 7.43 Å². The Hall–Kier alpha value is -1.57. The molecule has 2 heteroatoms. The van der Waals surface area contributed by atoms with Crippen molar-refractivity contribution < 1.29 is 9.53 Å². The van der Waals surface area contributed by atoms with Crippen LogP contribution in [0.4, 0.5) is 0 Å². The van der Waals surface area contributed by atoms with E-state index in [1.54, 1.807) is 0 Å². The van der Waals surface area contributed by atoms with Crippen molar-refractivity contribution in [1.29, 1.82) is 0 Å². The molecule has 0 aliphatic rings. The molecular weight excluding hydrogens is 164 g/mol. The van der Waals surface area contributed by atoms with E-state index in [9.17, 15) is 4.79 Å². The summed E-state index contributed by atoms with van der Waals surface area (Å²) in [5.41, 5.74) is 0.979. The average molecular weight is 177 g/mol. The third-order valence-corrected chi connectivity index (χ3v) is 1.39. The van der Waals surface area contributed by atoms with Crippen LogP contribution in [0.2, 0.25) is 0 Å². The highest BCUT2D eigenvalue weighted by Crippen LogP contribution is 2.00. The van der Waals surface area contributed by atoms with E-state index in [0.717, 1.165) is 11.6 Å². The molecule has 1 aromatic carbocycles. The number of carbonyl (C=O) groups excluding carboxylic acids is 1. The van der Waals surface area contributed by atoms with Crippen molar-refractivity contribution in [1.82, 2.24) is 0 Å². The Morgan fingerprint density at radius 1 is 1.38 bits per heavy atom. The summed E-state index contributed by atoms with van der Waals surface area (Å²) < 4.78 is 4.82. The van der Waals surface area contributed by atoms with E-state index in [1.165, 1.54) is 0 Å². The first-order valence-corrected chi connectivity index (χ1v) is 3.66. The van der Waals surface area contributed by atoms with Crippen LogP contribution in [0.3, 0.4) is 0 Å². The van der Waals surface area contributed by atoms with Crippen molar-refractivity contribution in [3.8, 4) is 0 Å². The summed E-state index contributed by atoms with van der Waals surface area (Å²) in [5, 5.41) is 0. The number of ether oxygens (including phenoxy) is 1. The van der Waals surface area contributed by atoms with Crippen LogP contribution in [0.1, 0.15) is 5.56 Å². The molecule has 0 aliphatic carbocycles. The van der Waals surface area contributed by atoms with Crippen molar-refractivity contribution in [2.24, 2.45) is 0 Å². The average Bonchev–Trinajstić information content (AvgIpc) is 2.16. The third kappa shape index (κ3) is 4.11. The van der Waals surface area contributed by atoms with Gasteiger partial charge in [0.05, 0.1) is 0 Å². The van der Waals surface area contributed by atoms with Gasteiger partial charge in [-0.25, -0.2) is 4.79 Å². The standard InChI is InChI=1S/C10H10O2.CH3/c1-2-10(11)12-8-9-6-4-3-5-7-9;/h2-7H,1,8H2;1H3. The summed E-state index contributed by atoms with van der Waals surface area (Å²) in [4.78, 5) is 10.6. The monoisotopic (exact) mass is 177 g/mol. The lowest BCUT2D eigenvalue weighted by molar-refractivity contribution is -0.138. The van der Waals surface area contributed by atoms with Crippen molar-refractivity contribution in [2.75, 3.05) is 0 Å². The zero-order valence-electron chi connectivity index (χ0n) is 7.69. The Morgan fingerprint density at radius 2 is 2.00 bits per heavy atom. The van der Waals surface area contributed by atoms with E-state index in [2.05, 4.69) is 6.58 Å². The molecule has 0 N–H and O–H groups in total. The molecule has 69 valence electrons. The zero-order valence-corrected chi connectivity index (χ0v) is 7.69. The molecule has 0 heterocycles. The minimum Gasteiger partial charge on any atom is -0.458 e. The highest BCUT2D eigenvalue weighted by Gasteiger charge is 1.95. The summed E-state index contributed by atoms with van der Waals surface area (Å²) in [6.45, 7) is 3.61. The minimum absolute atomic E-state index is 0. The maximum absolute atomic E-state index is 10.6. The van der Waals surface area contributed by atoms with Crippen LogP contribution in [0.25, 0.3) is 0 Å². The van der Waals surface area contributed by atoms with E-state index < -0.39 is 0 Å². The van der Waals surface area contributed by atoms with Gasteiger partial charge >= 0.3 is 5.97 Å². The van der Waals surface area contributed by atoms with Crippen molar-refractivity contribution in [3.05, 3.63) is 56.0 Å². The molecule has 0 saturated heterocycles. The molecule has 0 spiro atoms. The van der Waals surface area contributed by atoms with Crippen LogP contribution >= 0.6 is 0 Å². The van der Waals surface area contributed by atoms with Gasteiger partial charge in [0.1, 0.15) is 6.61 Å². The maximum atomic E-state index is 10.6. The Morgan fingerprint density at radius 3 is 2.54 bits per heavy atom. The number of rotatable bonds is 3. The first-order chi connectivity index (χ1) is 5.83. The molecule has 2 nitrogen and oxygen atoms in total. The molecule has 1 radical (unpaired) electrons. The topological polar surface area (TPSA) is 26.3 Å². The highest BCUT2D eigenvalue weighted by atomic mass is 16.5. The molecule has 0 bridgehead atoms. The van der Waals surface area contributed by atoms with Crippen molar-refractivity contribution in [3.63, 3.8) is 0 Å². The zero-order chi connectivity index (χ0) is 8.81. The van der Waals surface area contributed by atoms with Gasteiger partial charge in [0.2, 0.25) is 0 Å². The molecule has 0 saturated carbocycles. The summed E-state index contributed by atoms with van der Waals surface area (Å²) in [5.74, 6) is -0.390. The number of hydrogen-bond acceptors (Lipinski definition) is 2. The SMILES string of the molecule is C=CC(=O)OCc1ccccc1.[CH3]. The summed E-state index contributed by atoms with van der Waals surface area (Å²) in [7, 11) is 0. The Bertz CT molecular complexity index is 265. The normalized spacial score (nSPS) is 8.31. The van der Waals surface area contributed by atoms with Crippen LogP contribution in [0.15, 0.2) is 43.0 Å². The van der Waals surface area contributed by atoms with Gasteiger partial charge in [0, 0.05) is 6.08 Å². The predicted molar refractivity (Wildman–Crippen MR) is 52.8 cm³/mol. The Labute approximate surface area is 78.8 Å². The fourth-order valence-corrected chi connectivity index (χ4v) is 0.788. The first-order valence-electron chi connectivity index (χ1n) is 3.66. The first kappa shape index (κ1) is 11.4. The molecular formula is C11H13O2. The third-order valence-electron chi connectivity index (χ3n) is 1.39. The molecule has 0 aromatic heterocycles. The number of hydrogen-bond donors (Lipinski definition) is 0. The second-order valence-corrected chi connectivity index (χ2v) is 2.30. The summed E-state index contributed by atoms with van der Waals surface area (Å²) >= 11 is 0. The van der Waals surface area contributed by atoms with E-state index >= 15 is 0 Å². The maximum Gasteiger partial charge on any atom is 0.330 e. The Balaban J connectivity index is 0.00000144. The van der Waals surface area contributed by atoms with Crippen LogP contribution in [0.5, 0.6) is 0 Å². The summed E-state index contributed by atoms with van der Waals surface area (Å²) in [6.07, 6.45) is 1.16. The lowest BCUT2D eigenvalue weighted by Crippen LogP contribution is -1.99. The quantitative estimate of drug-likeness (QED) is 0.523. The molecule has 0 fully saturated rings. The van der Waals surface area contributed by atoms with Gasteiger partial charge in [-0.15, -0.1) is 0 Å². The minimum atomic E-state index is -0.390. The molecule has 0 aliphatic heterocycles. The van der Waals surface area contributed by atoms with E-state index in [1.807, 2.05) is 30.3 Å². The number of esters is 1. The fraction of sp³-hybridized carbons (Fsp3) is 0.0909. The lowest BCUT2D eigenvalue weighted by Gasteiger charge is -2.00. The van der Waals surface area contributed by atoms with E-state index in [-0.39, 0.29) is 13.4 Å². The summed E-state index contributed by atoms with van der Waals surface area (Å²) in [6, 6.07) is 9.51. The second kappa shape index (κ2) is 6.00. The fourth-order valence-electron chi connectivity index (χ4n) is 0.788. The molecule has 0 amide bonds. The molecule has 13 heavy (non-hydrogen) atoms.